The van der Waals surface area contributed by atoms with Crippen LogP contribution < -0.4 is 5.32 Å². The summed E-state index contributed by atoms with van der Waals surface area (Å²) < 4.78 is 34.3. The van der Waals surface area contributed by atoms with E-state index in [1.54, 1.807) is 31.7 Å². The molecule has 1 aromatic heterocycles. The van der Waals surface area contributed by atoms with Crippen molar-refractivity contribution in [3.05, 3.63) is 65.0 Å². The highest BCUT2D eigenvalue weighted by Gasteiger charge is 2.16. The fraction of sp³-hybridized carbons (Fsp3) is 0.348. The minimum absolute atomic E-state index is 0.205. The maximum atomic E-state index is 14.5. The number of nitrogens with one attached hydrogen (secondary N) is 2. The fourth-order valence-electron chi connectivity index (χ4n) is 3.50. The van der Waals surface area contributed by atoms with Gasteiger partial charge in [-0.15, -0.1) is 0 Å². The van der Waals surface area contributed by atoms with Gasteiger partial charge in [-0.3, -0.25) is 19.8 Å². The first-order valence-electron chi connectivity index (χ1n) is 10.4. The van der Waals surface area contributed by atoms with E-state index in [1.165, 1.54) is 6.08 Å². The predicted molar refractivity (Wildman–Crippen MR) is 120 cm³/mol. The molecule has 170 valence electrons. The number of anilines is 1. The third-order valence-corrected chi connectivity index (χ3v) is 5.12. The molecule has 0 unspecified atom stereocenters. The summed E-state index contributed by atoms with van der Waals surface area (Å²) >= 11 is 0. The zero-order valence-corrected chi connectivity index (χ0v) is 18.2. The number of carbonyl (C=O) groups is 1. The Morgan fingerprint density at radius 1 is 1.28 bits per heavy atom. The third-order valence-electron chi connectivity index (χ3n) is 5.12. The van der Waals surface area contributed by atoms with Crippen molar-refractivity contribution in [2.24, 2.45) is 4.99 Å². The first kappa shape index (κ1) is 23.5. The predicted octanol–water partition coefficient (Wildman–Crippen LogP) is 3.58. The van der Waals surface area contributed by atoms with Crippen molar-refractivity contribution in [1.82, 2.24) is 15.1 Å². The Hall–Kier alpha value is -3.17. The maximum Gasteiger partial charge on any atom is 0.248 e. The SMILES string of the molecule is CC/C(=C(C=NC)/C=C/C(=O)Nc1cc(F)c(CN2CCOCC2)cc1F)c1cn[nH]c1. The van der Waals surface area contributed by atoms with Crippen LogP contribution in [0.25, 0.3) is 5.57 Å². The average Bonchev–Trinajstić information content (AvgIpc) is 3.31. The van der Waals surface area contributed by atoms with Crippen molar-refractivity contribution < 1.29 is 18.3 Å². The van der Waals surface area contributed by atoms with E-state index in [2.05, 4.69) is 20.5 Å². The van der Waals surface area contributed by atoms with E-state index in [-0.39, 0.29) is 11.3 Å². The molecule has 32 heavy (non-hydrogen) atoms. The summed E-state index contributed by atoms with van der Waals surface area (Å²) in [6, 6.07) is 2.15. The maximum absolute atomic E-state index is 14.5. The van der Waals surface area contributed by atoms with E-state index in [1.807, 2.05) is 11.8 Å². The van der Waals surface area contributed by atoms with Crippen LogP contribution in [-0.2, 0) is 16.1 Å². The molecule has 7 nitrogen and oxygen atoms in total. The second-order valence-electron chi connectivity index (χ2n) is 7.30. The number of carbonyl (C=O) groups excluding carboxylic acids is 1. The molecule has 0 radical (unpaired) electrons. The van der Waals surface area contributed by atoms with E-state index < -0.39 is 17.5 Å². The number of allylic oxidation sites excluding steroid dienone is 3. The molecule has 0 saturated carbocycles. The topological polar surface area (TPSA) is 82.6 Å². The lowest BCUT2D eigenvalue weighted by molar-refractivity contribution is -0.111. The number of ether oxygens (including phenoxy) is 1. The zero-order valence-electron chi connectivity index (χ0n) is 18.2. The molecule has 2 N–H and O–H groups in total. The van der Waals surface area contributed by atoms with Crippen LogP contribution in [0.3, 0.4) is 0 Å². The summed E-state index contributed by atoms with van der Waals surface area (Å²) in [5.74, 6) is -1.83. The zero-order chi connectivity index (χ0) is 22.9. The van der Waals surface area contributed by atoms with E-state index >= 15 is 0 Å². The Balaban J connectivity index is 1.73. The highest BCUT2D eigenvalue weighted by Crippen LogP contribution is 2.23. The Kier molecular flexibility index (Phi) is 8.41. The van der Waals surface area contributed by atoms with Crippen LogP contribution >= 0.6 is 0 Å². The Bertz CT molecular complexity index is 1010. The molecule has 1 amide bonds. The molecule has 1 aliphatic rings. The Morgan fingerprint density at radius 3 is 2.72 bits per heavy atom. The summed E-state index contributed by atoms with van der Waals surface area (Å²) in [5.41, 5.74) is 2.59. The molecule has 2 heterocycles. The fourth-order valence-corrected chi connectivity index (χ4v) is 3.50. The van der Waals surface area contributed by atoms with E-state index in [4.69, 9.17) is 4.74 Å². The van der Waals surface area contributed by atoms with Gasteiger partial charge in [0.1, 0.15) is 11.6 Å². The average molecular weight is 443 g/mol. The number of hydrogen-bond acceptors (Lipinski definition) is 5. The number of rotatable bonds is 8. The normalized spacial score (nSPS) is 16.0. The smallest absolute Gasteiger partial charge is 0.248 e. The molecular weight excluding hydrogens is 416 g/mol. The van der Waals surface area contributed by atoms with Crippen molar-refractivity contribution in [3.63, 3.8) is 0 Å². The van der Waals surface area contributed by atoms with Crippen LogP contribution in [0, 0.1) is 11.6 Å². The van der Waals surface area contributed by atoms with Crippen LogP contribution in [0.2, 0.25) is 0 Å². The number of aliphatic imine (C=N–C) groups is 1. The molecule has 2 aromatic rings. The number of halogens is 2. The van der Waals surface area contributed by atoms with E-state index in [9.17, 15) is 13.6 Å². The minimum Gasteiger partial charge on any atom is -0.379 e. The first-order chi connectivity index (χ1) is 15.5. The summed E-state index contributed by atoms with van der Waals surface area (Å²) in [7, 11) is 1.63. The Labute approximate surface area is 185 Å². The standard InChI is InChI=1S/C23H27F2N5O2/c1-3-19(18-13-27-28-14-18)16(12-26-2)4-5-23(31)29-22-11-20(24)17(10-21(22)25)15-30-6-8-32-9-7-30/h4-5,10-14H,3,6-9,15H2,1-2H3,(H,27,28)(H,29,31)/b5-4+,19-16+,26-12?. The molecule has 3 rings (SSSR count). The monoisotopic (exact) mass is 443 g/mol. The first-order valence-corrected chi connectivity index (χ1v) is 10.4. The molecular formula is C23H27F2N5O2. The molecule has 1 aromatic carbocycles. The van der Waals surface area contributed by atoms with Crippen LogP contribution in [0.15, 0.2) is 47.2 Å². The van der Waals surface area contributed by atoms with Gasteiger partial charge in [0, 0.05) is 62.4 Å². The minimum atomic E-state index is -0.685. The van der Waals surface area contributed by atoms with Crippen molar-refractivity contribution >= 4 is 23.4 Å². The Morgan fingerprint density at radius 2 is 2.06 bits per heavy atom. The molecule has 0 atom stereocenters. The van der Waals surface area contributed by atoms with Gasteiger partial charge in [-0.25, -0.2) is 8.78 Å². The van der Waals surface area contributed by atoms with E-state index in [0.29, 0.717) is 39.3 Å². The second kappa shape index (κ2) is 11.4. The molecule has 0 bridgehead atoms. The summed E-state index contributed by atoms with van der Waals surface area (Å²) in [6.45, 7) is 4.75. The number of aromatic amines is 1. The molecule has 0 aliphatic carbocycles. The largest absolute Gasteiger partial charge is 0.379 e. The number of benzene rings is 1. The molecule has 1 aliphatic heterocycles. The highest BCUT2D eigenvalue weighted by atomic mass is 19.1. The van der Waals surface area contributed by atoms with Gasteiger partial charge in [-0.1, -0.05) is 6.92 Å². The number of aromatic nitrogens is 2. The van der Waals surface area contributed by atoms with Gasteiger partial charge in [-0.2, -0.15) is 5.10 Å². The van der Waals surface area contributed by atoms with Crippen molar-refractivity contribution in [2.75, 3.05) is 38.7 Å². The van der Waals surface area contributed by atoms with Gasteiger partial charge in [0.05, 0.1) is 25.1 Å². The van der Waals surface area contributed by atoms with Gasteiger partial charge in [0.25, 0.3) is 0 Å². The quantitative estimate of drug-likeness (QED) is 0.371. The van der Waals surface area contributed by atoms with Crippen LogP contribution in [0.1, 0.15) is 24.5 Å². The van der Waals surface area contributed by atoms with Gasteiger partial charge < -0.3 is 10.1 Å². The van der Waals surface area contributed by atoms with Crippen LogP contribution in [0.5, 0.6) is 0 Å². The molecule has 1 fully saturated rings. The lowest BCUT2D eigenvalue weighted by atomic mass is 10.0. The van der Waals surface area contributed by atoms with E-state index in [0.717, 1.165) is 28.8 Å². The lowest BCUT2D eigenvalue weighted by Crippen LogP contribution is -2.35. The summed E-state index contributed by atoms with van der Waals surface area (Å²) in [6.07, 6.45) is 8.63. The number of morpholine rings is 1. The van der Waals surface area contributed by atoms with Crippen molar-refractivity contribution in [3.8, 4) is 0 Å². The highest BCUT2D eigenvalue weighted by molar-refractivity contribution is 6.02. The van der Waals surface area contributed by atoms with Crippen molar-refractivity contribution in [1.29, 1.82) is 0 Å². The lowest BCUT2D eigenvalue weighted by Gasteiger charge is -2.26. The molecule has 9 heteroatoms. The van der Waals surface area contributed by atoms with Gasteiger partial charge in [0.15, 0.2) is 0 Å². The van der Waals surface area contributed by atoms with Crippen LogP contribution in [0.4, 0.5) is 14.5 Å². The van der Waals surface area contributed by atoms with Crippen molar-refractivity contribution in [2.45, 2.75) is 19.9 Å². The number of nitrogens with zero attached hydrogens (tertiary/aromatic N) is 3. The van der Waals surface area contributed by atoms with Gasteiger partial charge in [0.2, 0.25) is 5.91 Å². The number of hydrogen-bond donors (Lipinski definition) is 2. The summed E-state index contributed by atoms with van der Waals surface area (Å²) in [4.78, 5) is 18.4. The molecule has 0 spiro atoms. The third kappa shape index (κ3) is 6.18. The second-order valence-corrected chi connectivity index (χ2v) is 7.30. The number of H-pyrrole nitrogens is 1. The molecule has 1 saturated heterocycles. The van der Waals surface area contributed by atoms with Crippen LogP contribution in [-0.4, -0.2) is 60.6 Å². The summed E-state index contributed by atoms with van der Waals surface area (Å²) in [5, 5.41) is 9.13. The van der Waals surface area contributed by atoms with Gasteiger partial charge in [-0.05, 0) is 29.7 Å². The van der Waals surface area contributed by atoms with Gasteiger partial charge >= 0.3 is 0 Å². The number of amides is 1.